The third kappa shape index (κ3) is 3.29. The Balaban J connectivity index is 2.46. The summed E-state index contributed by atoms with van der Waals surface area (Å²) in [6, 6.07) is 1.91. The van der Waals surface area contributed by atoms with Crippen LogP contribution >= 0.6 is 0 Å². The summed E-state index contributed by atoms with van der Waals surface area (Å²) in [5.41, 5.74) is 6.33. The fourth-order valence-corrected chi connectivity index (χ4v) is 0.962. The van der Waals surface area contributed by atoms with Gasteiger partial charge in [-0.3, -0.25) is 4.98 Å². The molecule has 0 amide bonds. The maximum absolute atomic E-state index is 5.37. The summed E-state index contributed by atoms with van der Waals surface area (Å²) in [5, 5.41) is 3.20. The average molecular weight is 181 g/mol. The lowest BCUT2D eigenvalue weighted by Gasteiger charge is -2.05. The number of pyridine rings is 1. The lowest BCUT2D eigenvalue weighted by Crippen LogP contribution is -2.08. The van der Waals surface area contributed by atoms with Gasteiger partial charge in [0.2, 0.25) is 0 Å². The Kier molecular flexibility index (Phi) is 4.05. The van der Waals surface area contributed by atoms with Gasteiger partial charge in [-0.1, -0.05) is 0 Å². The Morgan fingerprint density at radius 2 is 2.38 bits per heavy atom. The first-order chi connectivity index (χ1) is 6.36. The summed E-state index contributed by atoms with van der Waals surface area (Å²) in [6.07, 6.45) is 4.39. The first kappa shape index (κ1) is 9.80. The number of ether oxygens (including phenoxy) is 1. The summed E-state index contributed by atoms with van der Waals surface area (Å²) in [7, 11) is 1.63. The highest BCUT2D eigenvalue weighted by Gasteiger charge is 1.94. The van der Waals surface area contributed by atoms with Crippen molar-refractivity contribution in [2.24, 2.45) is 5.73 Å². The smallest absolute Gasteiger partial charge is 0.139 e. The van der Waals surface area contributed by atoms with E-state index in [-0.39, 0.29) is 0 Å². The summed E-state index contributed by atoms with van der Waals surface area (Å²) >= 11 is 0. The minimum absolute atomic E-state index is 0.699. The van der Waals surface area contributed by atoms with Crippen molar-refractivity contribution in [1.82, 2.24) is 4.98 Å². The second-order valence-electron chi connectivity index (χ2n) is 2.68. The van der Waals surface area contributed by atoms with Gasteiger partial charge in [-0.15, -0.1) is 0 Å². The maximum atomic E-state index is 5.37. The number of nitrogens with two attached hydrogens (primary N) is 1. The van der Waals surface area contributed by atoms with Crippen LogP contribution in [0.1, 0.15) is 6.42 Å². The van der Waals surface area contributed by atoms with Gasteiger partial charge in [-0.2, -0.15) is 0 Å². The van der Waals surface area contributed by atoms with Gasteiger partial charge < -0.3 is 15.8 Å². The molecule has 1 aromatic rings. The van der Waals surface area contributed by atoms with Crippen molar-refractivity contribution in [3.8, 4) is 5.75 Å². The zero-order chi connectivity index (χ0) is 9.52. The fourth-order valence-electron chi connectivity index (χ4n) is 0.962. The Labute approximate surface area is 78.1 Å². The van der Waals surface area contributed by atoms with Crippen LogP contribution in [0.3, 0.4) is 0 Å². The predicted molar refractivity (Wildman–Crippen MR) is 53.0 cm³/mol. The predicted octanol–water partition coefficient (Wildman–Crippen LogP) is 0.851. The Hall–Kier alpha value is -1.29. The highest BCUT2D eigenvalue weighted by Crippen LogP contribution is 2.13. The molecular weight excluding hydrogens is 166 g/mol. The molecule has 0 saturated carbocycles. The number of methoxy groups -OCH3 is 1. The van der Waals surface area contributed by atoms with Gasteiger partial charge in [0, 0.05) is 12.6 Å². The maximum Gasteiger partial charge on any atom is 0.139 e. The lowest BCUT2D eigenvalue weighted by molar-refractivity contribution is 0.413. The Morgan fingerprint density at radius 3 is 3.08 bits per heavy atom. The number of aromatic nitrogens is 1. The molecule has 0 aromatic carbocycles. The average Bonchev–Trinajstić information content (AvgIpc) is 2.19. The van der Waals surface area contributed by atoms with E-state index >= 15 is 0 Å². The molecule has 1 aromatic heterocycles. The van der Waals surface area contributed by atoms with Crippen LogP contribution in [0.2, 0.25) is 0 Å². The first-order valence-electron chi connectivity index (χ1n) is 4.30. The van der Waals surface area contributed by atoms with E-state index in [4.69, 9.17) is 10.5 Å². The number of nitrogens with zero attached hydrogens (tertiary/aromatic N) is 1. The highest BCUT2D eigenvalue weighted by atomic mass is 16.5. The van der Waals surface area contributed by atoms with Gasteiger partial charge in [0.25, 0.3) is 0 Å². The molecule has 0 aliphatic carbocycles. The summed E-state index contributed by atoms with van der Waals surface area (Å²) in [4.78, 5) is 4.02. The summed E-state index contributed by atoms with van der Waals surface area (Å²) < 4.78 is 5.03. The fraction of sp³-hybridized carbons (Fsp3) is 0.444. The van der Waals surface area contributed by atoms with E-state index in [1.54, 1.807) is 19.5 Å². The van der Waals surface area contributed by atoms with E-state index in [0.29, 0.717) is 6.54 Å². The van der Waals surface area contributed by atoms with Crippen LogP contribution in [0.15, 0.2) is 18.5 Å². The topological polar surface area (TPSA) is 60.2 Å². The Morgan fingerprint density at radius 1 is 1.54 bits per heavy atom. The van der Waals surface area contributed by atoms with Crippen LogP contribution in [0.5, 0.6) is 5.75 Å². The van der Waals surface area contributed by atoms with Crippen LogP contribution in [0, 0.1) is 0 Å². The van der Waals surface area contributed by atoms with Crippen LogP contribution < -0.4 is 15.8 Å². The number of nitrogens with one attached hydrogen (secondary N) is 1. The van der Waals surface area contributed by atoms with Crippen molar-refractivity contribution in [3.05, 3.63) is 18.5 Å². The minimum atomic E-state index is 0.699. The minimum Gasteiger partial charge on any atom is -0.495 e. The number of hydrogen-bond donors (Lipinski definition) is 2. The van der Waals surface area contributed by atoms with E-state index in [2.05, 4.69) is 10.3 Å². The number of rotatable bonds is 5. The molecule has 72 valence electrons. The monoisotopic (exact) mass is 181 g/mol. The molecule has 0 unspecified atom stereocenters. The van der Waals surface area contributed by atoms with Crippen molar-refractivity contribution in [2.75, 3.05) is 25.5 Å². The molecule has 1 heterocycles. The molecule has 0 saturated heterocycles. The molecule has 0 bridgehead atoms. The van der Waals surface area contributed by atoms with Gasteiger partial charge in [0.15, 0.2) is 0 Å². The van der Waals surface area contributed by atoms with E-state index in [9.17, 15) is 0 Å². The second kappa shape index (κ2) is 5.37. The second-order valence-corrected chi connectivity index (χ2v) is 2.68. The van der Waals surface area contributed by atoms with Crippen molar-refractivity contribution < 1.29 is 4.74 Å². The Bertz CT molecular complexity index is 252. The molecule has 0 radical (unpaired) electrons. The lowest BCUT2D eigenvalue weighted by atomic mass is 10.3. The molecule has 0 spiro atoms. The normalized spacial score (nSPS) is 9.69. The summed E-state index contributed by atoms with van der Waals surface area (Å²) in [6.45, 7) is 1.57. The molecule has 0 aliphatic heterocycles. The molecule has 0 atom stereocenters. The molecule has 1 rings (SSSR count). The number of hydrogen-bond acceptors (Lipinski definition) is 4. The van der Waals surface area contributed by atoms with Gasteiger partial charge >= 0.3 is 0 Å². The SMILES string of the molecule is COc1cncc(NCCCN)c1. The largest absolute Gasteiger partial charge is 0.495 e. The van der Waals surface area contributed by atoms with Gasteiger partial charge in [0.05, 0.1) is 25.2 Å². The molecular formula is C9H15N3O. The van der Waals surface area contributed by atoms with E-state index in [0.717, 1.165) is 24.4 Å². The van der Waals surface area contributed by atoms with E-state index in [1.165, 1.54) is 0 Å². The standard InChI is InChI=1S/C9H15N3O/c1-13-9-5-8(6-11-7-9)12-4-2-3-10/h5-7,12H,2-4,10H2,1H3. The van der Waals surface area contributed by atoms with Crippen molar-refractivity contribution in [3.63, 3.8) is 0 Å². The molecule has 0 aliphatic rings. The molecule has 4 nitrogen and oxygen atoms in total. The highest BCUT2D eigenvalue weighted by molar-refractivity contribution is 5.44. The van der Waals surface area contributed by atoms with E-state index < -0.39 is 0 Å². The van der Waals surface area contributed by atoms with Crippen molar-refractivity contribution in [2.45, 2.75) is 6.42 Å². The van der Waals surface area contributed by atoms with Gasteiger partial charge in [0.1, 0.15) is 5.75 Å². The molecule has 4 heteroatoms. The summed E-state index contributed by atoms with van der Waals surface area (Å²) in [5.74, 6) is 0.762. The zero-order valence-electron chi connectivity index (χ0n) is 7.79. The third-order valence-corrected chi connectivity index (χ3v) is 1.66. The van der Waals surface area contributed by atoms with Crippen LogP contribution in [-0.2, 0) is 0 Å². The number of anilines is 1. The molecule has 3 N–H and O–H groups in total. The van der Waals surface area contributed by atoms with Crippen LogP contribution in [0.25, 0.3) is 0 Å². The zero-order valence-corrected chi connectivity index (χ0v) is 7.79. The third-order valence-electron chi connectivity index (χ3n) is 1.66. The van der Waals surface area contributed by atoms with Gasteiger partial charge in [-0.05, 0) is 13.0 Å². The van der Waals surface area contributed by atoms with Gasteiger partial charge in [-0.25, -0.2) is 0 Å². The first-order valence-corrected chi connectivity index (χ1v) is 4.30. The van der Waals surface area contributed by atoms with Crippen LogP contribution in [0.4, 0.5) is 5.69 Å². The van der Waals surface area contributed by atoms with Crippen molar-refractivity contribution in [1.29, 1.82) is 0 Å². The quantitative estimate of drug-likeness (QED) is 0.661. The molecule has 0 fully saturated rings. The van der Waals surface area contributed by atoms with E-state index in [1.807, 2.05) is 6.07 Å². The van der Waals surface area contributed by atoms with Crippen LogP contribution in [-0.4, -0.2) is 25.2 Å². The van der Waals surface area contributed by atoms with Crippen molar-refractivity contribution >= 4 is 5.69 Å². The molecule has 13 heavy (non-hydrogen) atoms.